The van der Waals surface area contributed by atoms with E-state index in [9.17, 15) is 0 Å². The molecule has 0 aromatic carbocycles. The summed E-state index contributed by atoms with van der Waals surface area (Å²) >= 11 is 3.73. The van der Waals surface area contributed by atoms with E-state index < -0.39 is 0 Å². The molecule has 3 rings (SSSR count). The molecule has 1 aromatic rings. The Bertz CT molecular complexity index is 391. The fraction of sp³-hybridized carbons (Fsp3) is 0.846. The third-order valence-corrected chi connectivity index (χ3v) is 5.60. The summed E-state index contributed by atoms with van der Waals surface area (Å²) in [6.45, 7) is 3.19. The number of fused-ring (bicyclic) bond motifs is 1. The fourth-order valence-corrected chi connectivity index (χ4v) is 4.12. The summed E-state index contributed by atoms with van der Waals surface area (Å²) in [6, 6.07) is 0. The molecule has 2 fully saturated rings. The first-order valence-corrected chi connectivity index (χ1v) is 7.81. The van der Waals surface area contributed by atoms with Crippen molar-refractivity contribution in [3.8, 4) is 0 Å². The van der Waals surface area contributed by atoms with Gasteiger partial charge in [0.05, 0.1) is 0 Å². The van der Waals surface area contributed by atoms with Crippen LogP contribution in [0.15, 0.2) is 6.33 Å². The Balaban J connectivity index is 1.74. The van der Waals surface area contributed by atoms with Crippen molar-refractivity contribution in [3.63, 3.8) is 0 Å². The van der Waals surface area contributed by atoms with Gasteiger partial charge < -0.3 is 0 Å². The number of hydrogen-bond donors (Lipinski definition) is 0. The summed E-state index contributed by atoms with van der Waals surface area (Å²) in [6.07, 6.45) is 8.21. The Kier molecular flexibility index (Phi) is 3.01. The Morgan fingerprint density at radius 3 is 2.88 bits per heavy atom. The number of halogens is 1. The van der Waals surface area contributed by atoms with Gasteiger partial charge in [0.15, 0.2) is 0 Å². The highest BCUT2D eigenvalue weighted by Crippen LogP contribution is 2.61. The molecular weight excluding hydrogens is 278 g/mol. The number of nitrogens with zero attached hydrogens (tertiary/aromatic N) is 3. The Morgan fingerprint density at radius 2 is 2.24 bits per heavy atom. The number of rotatable bonds is 5. The molecule has 2 aliphatic rings. The molecule has 0 radical (unpaired) electrons. The third kappa shape index (κ3) is 2.16. The summed E-state index contributed by atoms with van der Waals surface area (Å²) < 4.78 is 2.09. The van der Waals surface area contributed by atoms with E-state index in [-0.39, 0.29) is 0 Å². The molecule has 0 aliphatic heterocycles. The lowest BCUT2D eigenvalue weighted by atomic mass is 9.81. The Labute approximate surface area is 111 Å². The highest BCUT2D eigenvalue weighted by molar-refractivity contribution is 9.09. The van der Waals surface area contributed by atoms with Crippen molar-refractivity contribution < 1.29 is 0 Å². The van der Waals surface area contributed by atoms with Gasteiger partial charge in [-0.25, -0.2) is 4.98 Å². The van der Waals surface area contributed by atoms with Crippen molar-refractivity contribution in [2.75, 3.05) is 5.33 Å². The first-order valence-electron chi connectivity index (χ1n) is 6.69. The van der Waals surface area contributed by atoms with Crippen molar-refractivity contribution in [3.05, 3.63) is 12.2 Å². The van der Waals surface area contributed by atoms with Gasteiger partial charge in [-0.3, -0.25) is 4.68 Å². The second-order valence-corrected chi connectivity index (χ2v) is 6.43. The van der Waals surface area contributed by atoms with E-state index >= 15 is 0 Å². The van der Waals surface area contributed by atoms with Gasteiger partial charge in [-0.05, 0) is 42.9 Å². The van der Waals surface area contributed by atoms with Crippen molar-refractivity contribution in [1.29, 1.82) is 0 Å². The summed E-state index contributed by atoms with van der Waals surface area (Å²) in [5.74, 6) is 3.23. The lowest BCUT2D eigenvalue weighted by Crippen LogP contribution is -2.26. The van der Waals surface area contributed by atoms with Gasteiger partial charge in [0, 0.05) is 18.3 Å². The molecule has 94 valence electrons. The maximum atomic E-state index is 4.46. The van der Waals surface area contributed by atoms with Gasteiger partial charge >= 0.3 is 0 Å². The van der Waals surface area contributed by atoms with E-state index in [1.165, 1.54) is 25.1 Å². The molecule has 0 N–H and O–H groups in total. The normalized spacial score (nSPS) is 34.9. The highest BCUT2D eigenvalue weighted by Gasteiger charge is 2.53. The molecule has 0 bridgehead atoms. The predicted octanol–water partition coefficient (Wildman–Crippen LogP) is 3.04. The SMILES string of the molecule is CCCn1ncnc1CC1(CBr)CC2CC2C1. The van der Waals surface area contributed by atoms with Crippen molar-refractivity contribution in [2.24, 2.45) is 17.3 Å². The minimum atomic E-state index is 0.464. The van der Waals surface area contributed by atoms with Gasteiger partial charge in [-0.1, -0.05) is 22.9 Å². The van der Waals surface area contributed by atoms with E-state index in [1.54, 1.807) is 6.33 Å². The van der Waals surface area contributed by atoms with Gasteiger partial charge in [0.1, 0.15) is 12.2 Å². The molecule has 1 aromatic heterocycles. The van der Waals surface area contributed by atoms with Crippen LogP contribution in [0.1, 0.15) is 38.4 Å². The number of alkyl halides is 1. The zero-order chi connectivity index (χ0) is 11.9. The number of aryl methyl sites for hydroxylation is 1. The summed E-state index contributed by atoms with van der Waals surface area (Å²) in [7, 11) is 0. The van der Waals surface area contributed by atoms with E-state index in [0.29, 0.717) is 5.41 Å². The van der Waals surface area contributed by atoms with Crippen LogP contribution in [-0.2, 0) is 13.0 Å². The second-order valence-electron chi connectivity index (χ2n) is 5.87. The van der Waals surface area contributed by atoms with Crippen LogP contribution >= 0.6 is 15.9 Å². The zero-order valence-electron chi connectivity index (χ0n) is 10.4. The van der Waals surface area contributed by atoms with Gasteiger partial charge in [-0.2, -0.15) is 5.10 Å². The fourth-order valence-electron chi connectivity index (χ4n) is 3.47. The second kappa shape index (κ2) is 4.38. The van der Waals surface area contributed by atoms with Crippen LogP contribution in [0.4, 0.5) is 0 Å². The van der Waals surface area contributed by atoms with Gasteiger partial charge in [-0.15, -0.1) is 0 Å². The van der Waals surface area contributed by atoms with Crippen molar-refractivity contribution in [2.45, 2.75) is 45.6 Å². The maximum Gasteiger partial charge on any atom is 0.138 e. The smallest absolute Gasteiger partial charge is 0.138 e. The summed E-state index contributed by atoms with van der Waals surface area (Å²) in [4.78, 5) is 4.46. The van der Waals surface area contributed by atoms with Crippen LogP contribution in [0.25, 0.3) is 0 Å². The van der Waals surface area contributed by atoms with Crippen LogP contribution in [0, 0.1) is 17.3 Å². The molecule has 1 heterocycles. The molecule has 2 saturated carbocycles. The summed E-state index contributed by atoms with van der Waals surface area (Å²) in [5.41, 5.74) is 0.464. The third-order valence-electron chi connectivity index (χ3n) is 4.41. The molecule has 2 aliphatic carbocycles. The van der Waals surface area contributed by atoms with E-state index in [2.05, 4.69) is 37.6 Å². The molecule has 4 heteroatoms. The first-order chi connectivity index (χ1) is 8.26. The lowest BCUT2D eigenvalue weighted by molar-refractivity contribution is 0.295. The maximum absolute atomic E-state index is 4.46. The molecule has 17 heavy (non-hydrogen) atoms. The molecule has 3 nitrogen and oxygen atoms in total. The summed E-state index contributed by atoms with van der Waals surface area (Å²) in [5, 5.41) is 5.45. The average molecular weight is 298 g/mol. The average Bonchev–Trinajstić information content (AvgIpc) is 2.75. The van der Waals surface area contributed by atoms with Crippen LogP contribution < -0.4 is 0 Å². The minimum Gasteiger partial charge on any atom is -0.250 e. The van der Waals surface area contributed by atoms with Crippen LogP contribution in [0.3, 0.4) is 0 Å². The molecule has 0 amide bonds. The zero-order valence-corrected chi connectivity index (χ0v) is 12.0. The number of hydrogen-bond acceptors (Lipinski definition) is 2. The Morgan fingerprint density at radius 1 is 1.47 bits per heavy atom. The quantitative estimate of drug-likeness (QED) is 0.782. The van der Waals surface area contributed by atoms with E-state index in [1.807, 2.05) is 0 Å². The van der Waals surface area contributed by atoms with Gasteiger partial charge in [0.25, 0.3) is 0 Å². The van der Waals surface area contributed by atoms with E-state index in [0.717, 1.165) is 36.6 Å². The molecule has 0 saturated heterocycles. The van der Waals surface area contributed by atoms with Crippen LogP contribution in [0.5, 0.6) is 0 Å². The molecular formula is C13H20BrN3. The van der Waals surface area contributed by atoms with Gasteiger partial charge in [0.2, 0.25) is 0 Å². The highest BCUT2D eigenvalue weighted by atomic mass is 79.9. The molecule has 2 atom stereocenters. The van der Waals surface area contributed by atoms with Crippen LogP contribution in [0.2, 0.25) is 0 Å². The molecule has 2 unspecified atom stereocenters. The largest absolute Gasteiger partial charge is 0.250 e. The Hall–Kier alpha value is -0.380. The lowest BCUT2D eigenvalue weighted by Gasteiger charge is -2.28. The minimum absolute atomic E-state index is 0.464. The molecule has 0 spiro atoms. The van der Waals surface area contributed by atoms with Crippen LogP contribution in [-0.4, -0.2) is 20.1 Å². The number of aromatic nitrogens is 3. The topological polar surface area (TPSA) is 30.7 Å². The predicted molar refractivity (Wildman–Crippen MR) is 71.1 cm³/mol. The van der Waals surface area contributed by atoms with Crippen molar-refractivity contribution >= 4 is 15.9 Å². The monoisotopic (exact) mass is 297 g/mol. The van der Waals surface area contributed by atoms with Crippen molar-refractivity contribution in [1.82, 2.24) is 14.8 Å². The van der Waals surface area contributed by atoms with E-state index in [4.69, 9.17) is 0 Å². The first kappa shape index (κ1) is 11.7. The standard InChI is InChI=1S/C13H20BrN3/c1-2-3-17-12(15-9-16-17)7-13(8-14)5-10-4-11(10)6-13/h9-11H,2-8H2,1H3.